The summed E-state index contributed by atoms with van der Waals surface area (Å²) < 4.78 is 9.64. The number of pyridine rings is 1. The third-order valence-corrected chi connectivity index (χ3v) is 2.03. The molecule has 1 aliphatic rings. The van der Waals surface area contributed by atoms with Crippen molar-refractivity contribution >= 4 is 17.6 Å². The first kappa shape index (κ1) is 10.4. The highest BCUT2D eigenvalue weighted by atomic mass is 16.6. The number of hydrogen-bond acceptors (Lipinski definition) is 6. The van der Waals surface area contributed by atoms with Gasteiger partial charge in [-0.2, -0.15) is 0 Å². The van der Waals surface area contributed by atoms with E-state index < -0.39 is 18.0 Å². The molecule has 0 bridgehead atoms. The molecule has 2 heterocycles. The largest absolute Gasteiger partial charge is 0.464 e. The van der Waals surface area contributed by atoms with Crippen molar-refractivity contribution in [3.05, 3.63) is 18.3 Å². The second kappa shape index (κ2) is 4.18. The van der Waals surface area contributed by atoms with E-state index in [4.69, 9.17) is 9.47 Å². The molecule has 1 aromatic heterocycles. The van der Waals surface area contributed by atoms with Crippen LogP contribution in [-0.4, -0.2) is 29.6 Å². The number of fused-ring (bicyclic) bond motifs is 1. The maximum atomic E-state index is 11.4. The Hall–Kier alpha value is -2.11. The minimum absolute atomic E-state index is 0.174. The van der Waals surface area contributed by atoms with E-state index in [9.17, 15) is 9.59 Å². The van der Waals surface area contributed by atoms with E-state index in [1.165, 1.54) is 6.20 Å². The van der Waals surface area contributed by atoms with Gasteiger partial charge in [0.25, 0.3) is 0 Å². The van der Waals surface area contributed by atoms with Gasteiger partial charge in [-0.3, -0.25) is 0 Å². The smallest absolute Gasteiger partial charge is 0.347 e. The van der Waals surface area contributed by atoms with E-state index in [0.717, 1.165) is 0 Å². The van der Waals surface area contributed by atoms with Gasteiger partial charge >= 0.3 is 11.9 Å². The summed E-state index contributed by atoms with van der Waals surface area (Å²) in [5.41, 5.74) is 0.500. The van der Waals surface area contributed by atoms with Gasteiger partial charge in [0.2, 0.25) is 11.9 Å². The molecule has 0 saturated carbocycles. The zero-order chi connectivity index (χ0) is 11.5. The summed E-state index contributed by atoms with van der Waals surface area (Å²) in [4.78, 5) is 26.7. The van der Waals surface area contributed by atoms with Crippen molar-refractivity contribution in [1.82, 2.24) is 4.98 Å². The van der Waals surface area contributed by atoms with Gasteiger partial charge in [-0.15, -0.1) is 0 Å². The summed E-state index contributed by atoms with van der Waals surface area (Å²) in [5.74, 6) is -1.18. The fourth-order valence-corrected chi connectivity index (χ4v) is 1.33. The second-order valence-corrected chi connectivity index (χ2v) is 3.11. The van der Waals surface area contributed by atoms with Crippen LogP contribution in [0.15, 0.2) is 18.3 Å². The van der Waals surface area contributed by atoms with Crippen LogP contribution in [0.4, 0.5) is 5.69 Å². The second-order valence-electron chi connectivity index (χ2n) is 3.11. The van der Waals surface area contributed by atoms with Gasteiger partial charge in [-0.25, -0.2) is 14.6 Å². The monoisotopic (exact) mass is 222 g/mol. The van der Waals surface area contributed by atoms with Crippen LogP contribution in [0.2, 0.25) is 0 Å². The van der Waals surface area contributed by atoms with Gasteiger partial charge < -0.3 is 14.8 Å². The average molecular weight is 222 g/mol. The van der Waals surface area contributed by atoms with Crippen LogP contribution < -0.4 is 10.1 Å². The summed E-state index contributed by atoms with van der Waals surface area (Å²) in [7, 11) is 0. The number of aromatic nitrogens is 1. The van der Waals surface area contributed by atoms with Crippen LogP contribution in [0.1, 0.15) is 6.92 Å². The number of rotatable bonds is 2. The van der Waals surface area contributed by atoms with E-state index in [-0.39, 0.29) is 12.5 Å². The molecule has 0 saturated heterocycles. The van der Waals surface area contributed by atoms with E-state index >= 15 is 0 Å². The van der Waals surface area contributed by atoms with Crippen LogP contribution in [0.25, 0.3) is 0 Å². The summed E-state index contributed by atoms with van der Waals surface area (Å²) in [6, 6.07) is 2.23. The molecule has 6 nitrogen and oxygen atoms in total. The quantitative estimate of drug-likeness (QED) is 0.574. The number of carbonyl (C=O) groups is 2. The Morgan fingerprint density at radius 2 is 2.50 bits per heavy atom. The first-order valence-electron chi connectivity index (χ1n) is 4.82. The predicted molar refractivity (Wildman–Crippen MR) is 53.9 cm³/mol. The van der Waals surface area contributed by atoms with Crippen molar-refractivity contribution in [1.29, 1.82) is 0 Å². The van der Waals surface area contributed by atoms with Gasteiger partial charge in [0.1, 0.15) is 0 Å². The lowest BCUT2D eigenvalue weighted by Gasteiger charge is -2.22. The first-order valence-corrected chi connectivity index (χ1v) is 4.82. The van der Waals surface area contributed by atoms with E-state index in [2.05, 4.69) is 10.3 Å². The number of carbonyl (C=O) groups excluding carboxylic acids is 2. The molecule has 0 aromatic carbocycles. The molecule has 84 valence electrons. The van der Waals surface area contributed by atoms with E-state index in [0.29, 0.717) is 5.69 Å². The van der Waals surface area contributed by atoms with Crippen molar-refractivity contribution < 1.29 is 19.1 Å². The molecule has 16 heavy (non-hydrogen) atoms. The fraction of sp³-hybridized carbons (Fsp3) is 0.300. The zero-order valence-electron chi connectivity index (χ0n) is 8.60. The minimum atomic E-state index is -1.11. The molecule has 6 heteroatoms. The molecule has 2 rings (SSSR count). The Bertz CT molecular complexity index is 433. The number of nitrogens with one attached hydrogen (secondary N) is 1. The SMILES string of the molecule is CCOC(=O)C1Nc2cccnc2OC1=O. The van der Waals surface area contributed by atoms with Gasteiger partial charge in [0, 0.05) is 6.20 Å². The van der Waals surface area contributed by atoms with Crippen LogP contribution in [0.3, 0.4) is 0 Å². The lowest BCUT2D eigenvalue weighted by atomic mass is 10.2. The minimum Gasteiger partial charge on any atom is -0.464 e. The average Bonchev–Trinajstić information content (AvgIpc) is 2.28. The number of hydrogen-bond donors (Lipinski definition) is 1. The molecule has 0 aliphatic carbocycles. The molecule has 0 fully saturated rings. The molecule has 0 radical (unpaired) electrons. The van der Waals surface area contributed by atoms with Gasteiger partial charge in [0.05, 0.1) is 12.3 Å². The van der Waals surface area contributed by atoms with Crippen molar-refractivity contribution in [3.63, 3.8) is 0 Å². The lowest BCUT2D eigenvalue weighted by Crippen LogP contribution is -2.44. The van der Waals surface area contributed by atoms with E-state index in [1.54, 1.807) is 19.1 Å². The molecule has 1 N–H and O–H groups in total. The maximum Gasteiger partial charge on any atom is 0.347 e. The summed E-state index contributed by atoms with van der Waals surface area (Å²) >= 11 is 0. The van der Waals surface area contributed by atoms with Crippen LogP contribution in [0.5, 0.6) is 5.88 Å². The normalized spacial score (nSPS) is 18.1. The predicted octanol–water partition coefficient (Wildman–Crippen LogP) is 0.344. The van der Waals surface area contributed by atoms with Crippen molar-refractivity contribution in [2.75, 3.05) is 11.9 Å². The maximum absolute atomic E-state index is 11.4. The molecular formula is C10H10N2O4. The number of anilines is 1. The lowest BCUT2D eigenvalue weighted by molar-refractivity contribution is -0.151. The number of ether oxygens (including phenoxy) is 2. The highest BCUT2D eigenvalue weighted by Gasteiger charge is 2.35. The van der Waals surface area contributed by atoms with Gasteiger partial charge in [0.15, 0.2) is 0 Å². The summed E-state index contributed by atoms with van der Waals surface area (Å²) in [6.07, 6.45) is 1.50. The standard InChI is InChI=1S/C10H10N2O4/c1-2-15-9(13)7-10(14)16-8-6(12-7)4-3-5-11-8/h3-5,7,12H,2H2,1H3. The Kier molecular flexibility index (Phi) is 2.72. The number of nitrogens with zero attached hydrogens (tertiary/aromatic N) is 1. The van der Waals surface area contributed by atoms with Crippen molar-refractivity contribution in [3.8, 4) is 5.88 Å². The van der Waals surface area contributed by atoms with Crippen LogP contribution >= 0.6 is 0 Å². The molecule has 0 spiro atoms. The molecular weight excluding hydrogens is 212 g/mol. The van der Waals surface area contributed by atoms with Gasteiger partial charge in [-0.1, -0.05) is 0 Å². The topological polar surface area (TPSA) is 77.5 Å². The molecule has 1 unspecified atom stereocenters. The summed E-state index contributed by atoms with van der Waals surface area (Å²) in [5, 5.41) is 2.72. The van der Waals surface area contributed by atoms with E-state index in [1.807, 2.05) is 0 Å². The molecule has 1 aliphatic heterocycles. The van der Waals surface area contributed by atoms with Gasteiger partial charge in [-0.05, 0) is 19.1 Å². The molecule has 1 atom stereocenters. The molecule has 0 amide bonds. The highest BCUT2D eigenvalue weighted by molar-refractivity contribution is 6.04. The Morgan fingerprint density at radius 3 is 3.25 bits per heavy atom. The van der Waals surface area contributed by atoms with Crippen molar-refractivity contribution in [2.45, 2.75) is 13.0 Å². The van der Waals surface area contributed by atoms with Crippen LogP contribution in [-0.2, 0) is 14.3 Å². The number of esters is 2. The fourth-order valence-electron chi connectivity index (χ4n) is 1.33. The third-order valence-electron chi connectivity index (χ3n) is 2.03. The Morgan fingerprint density at radius 1 is 1.69 bits per heavy atom. The highest BCUT2D eigenvalue weighted by Crippen LogP contribution is 2.26. The summed E-state index contributed by atoms with van der Waals surface area (Å²) in [6.45, 7) is 1.88. The third kappa shape index (κ3) is 1.81. The zero-order valence-corrected chi connectivity index (χ0v) is 8.60. The van der Waals surface area contributed by atoms with Crippen LogP contribution in [0, 0.1) is 0 Å². The molecule has 1 aromatic rings. The Balaban J connectivity index is 2.21. The Labute approximate surface area is 91.6 Å². The first-order chi connectivity index (χ1) is 7.72. The van der Waals surface area contributed by atoms with Crippen molar-refractivity contribution in [2.24, 2.45) is 0 Å².